The molecule has 0 bridgehead atoms. The first-order valence-corrected chi connectivity index (χ1v) is 7.73. The lowest BCUT2D eigenvalue weighted by Gasteiger charge is -2.15. The summed E-state index contributed by atoms with van der Waals surface area (Å²) in [7, 11) is 0. The number of aryl methyl sites for hydroxylation is 1. The number of nitrogens with zero attached hydrogens (tertiary/aromatic N) is 3. The predicted molar refractivity (Wildman–Crippen MR) is 87.5 cm³/mol. The highest BCUT2D eigenvalue weighted by atomic mass is 35.5. The lowest BCUT2D eigenvalue weighted by molar-refractivity contribution is -0.115. The second-order valence-corrected chi connectivity index (χ2v) is 5.90. The van der Waals surface area contributed by atoms with Crippen LogP contribution in [0.2, 0.25) is 5.02 Å². The van der Waals surface area contributed by atoms with Gasteiger partial charge in [0.25, 0.3) is 0 Å². The number of amidine groups is 1. The van der Waals surface area contributed by atoms with Crippen LogP contribution in [0.25, 0.3) is 0 Å². The number of anilines is 1. The number of rotatable bonds is 2. The number of benzene rings is 1. The van der Waals surface area contributed by atoms with Gasteiger partial charge in [-0.2, -0.15) is 0 Å². The lowest BCUT2D eigenvalue weighted by Crippen LogP contribution is -2.29. The smallest absolute Gasteiger partial charge is 0.243 e. The van der Waals surface area contributed by atoms with E-state index in [1.54, 1.807) is 17.0 Å². The Kier molecular flexibility index (Phi) is 3.94. The van der Waals surface area contributed by atoms with Crippen molar-refractivity contribution in [3.63, 3.8) is 0 Å². The summed E-state index contributed by atoms with van der Waals surface area (Å²) in [6, 6.07) is 12.8. The maximum atomic E-state index is 12.1. The SMILES string of the molecule is Cc1cccc(/N=C2\SCC(=O)N2c2ccc(Cl)cc2)n1. The summed E-state index contributed by atoms with van der Waals surface area (Å²) in [4.78, 5) is 22.5. The molecule has 2 aromatic rings. The van der Waals surface area contributed by atoms with E-state index in [0.717, 1.165) is 11.4 Å². The molecular formula is C15H12ClN3OS. The molecule has 1 amide bonds. The van der Waals surface area contributed by atoms with E-state index in [9.17, 15) is 4.79 Å². The Morgan fingerprint density at radius 3 is 2.71 bits per heavy atom. The number of pyridine rings is 1. The monoisotopic (exact) mass is 317 g/mol. The quantitative estimate of drug-likeness (QED) is 0.846. The van der Waals surface area contributed by atoms with Gasteiger partial charge in [0.2, 0.25) is 5.91 Å². The minimum Gasteiger partial charge on any atom is -0.273 e. The van der Waals surface area contributed by atoms with E-state index in [0.29, 0.717) is 21.8 Å². The minimum absolute atomic E-state index is 0.00808. The van der Waals surface area contributed by atoms with Gasteiger partial charge in [-0.25, -0.2) is 9.98 Å². The first kappa shape index (κ1) is 14.1. The van der Waals surface area contributed by atoms with Crippen LogP contribution in [-0.2, 0) is 4.79 Å². The Morgan fingerprint density at radius 2 is 2.00 bits per heavy atom. The number of aromatic nitrogens is 1. The van der Waals surface area contributed by atoms with Gasteiger partial charge in [0.05, 0.1) is 11.4 Å². The summed E-state index contributed by atoms with van der Waals surface area (Å²) >= 11 is 7.30. The molecule has 1 aliphatic heterocycles. The molecule has 1 fully saturated rings. The van der Waals surface area contributed by atoms with Gasteiger partial charge in [0.15, 0.2) is 11.0 Å². The molecule has 1 aromatic heterocycles. The standard InChI is InChI=1S/C15H12ClN3OS/c1-10-3-2-4-13(17-10)18-15-19(14(20)9-21-15)12-7-5-11(16)6-8-12/h2-8H,9H2,1H3/b18-15-. The third-order valence-electron chi connectivity index (χ3n) is 2.93. The van der Waals surface area contributed by atoms with E-state index in [1.807, 2.05) is 37.3 Å². The largest absolute Gasteiger partial charge is 0.273 e. The predicted octanol–water partition coefficient (Wildman–Crippen LogP) is 3.81. The second kappa shape index (κ2) is 5.87. The molecule has 21 heavy (non-hydrogen) atoms. The zero-order valence-corrected chi connectivity index (χ0v) is 12.9. The van der Waals surface area contributed by atoms with Gasteiger partial charge in [-0.1, -0.05) is 29.4 Å². The molecule has 3 rings (SSSR count). The number of carbonyl (C=O) groups is 1. The minimum atomic E-state index is 0.00808. The molecule has 4 nitrogen and oxygen atoms in total. The molecule has 1 saturated heterocycles. The average molecular weight is 318 g/mol. The van der Waals surface area contributed by atoms with Crippen molar-refractivity contribution < 1.29 is 4.79 Å². The third kappa shape index (κ3) is 3.09. The Morgan fingerprint density at radius 1 is 1.24 bits per heavy atom. The van der Waals surface area contributed by atoms with Crippen molar-refractivity contribution in [3.05, 3.63) is 53.2 Å². The van der Waals surface area contributed by atoms with Crippen LogP contribution >= 0.6 is 23.4 Å². The van der Waals surface area contributed by atoms with E-state index in [2.05, 4.69) is 9.98 Å². The molecule has 6 heteroatoms. The van der Waals surface area contributed by atoms with Crippen molar-refractivity contribution in [2.75, 3.05) is 10.7 Å². The maximum Gasteiger partial charge on any atom is 0.243 e. The van der Waals surface area contributed by atoms with Crippen LogP contribution < -0.4 is 4.90 Å². The molecular weight excluding hydrogens is 306 g/mol. The molecule has 1 aromatic carbocycles. The highest BCUT2D eigenvalue weighted by Crippen LogP contribution is 2.29. The van der Waals surface area contributed by atoms with Gasteiger partial charge in [-0.3, -0.25) is 9.69 Å². The maximum absolute atomic E-state index is 12.1. The topological polar surface area (TPSA) is 45.6 Å². The van der Waals surface area contributed by atoms with Crippen LogP contribution in [0.1, 0.15) is 5.69 Å². The molecule has 1 aliphatic rings. The number of halogens is 1. The number of amides is 1. The fourth-order valence-corrected chi connectivity index (χ4v) is 2.98. The van der Waals surface area contributed by atoms with Crippen LogP contribution in [0.5, 0.6) is 0 Å². The van der Waals surface area contributed by atoms with E-state index in [-0.39, 0.29) is 5.91 Å². The average Bonchev–Trinajstić information content (AvgIpc) is 2.81. The van der Waals surface area contributed by atoms with E-state index in [4.69, 9.17) is 11.6 Å². The van der Waals surface area contributed by atoms with Crippen molar-refractivity contribution in [1.29, 1.82) is 0 Å². The highest BCUT2D eigenvalue weighted by molar-refractivity contribution is 8.15. The van der Waals surface area contributed by atoms with Crippen molar-refractivity contribution in [3.8, 4) is 0 Å². The molecule has 0 atom stereocenters. The van der Waals surface area contributed by atoms with Crippen LogP contribution in [-0.4, -0.2) is 21.8 Å². The molecule has 0 N–H and O–H groups in total. The summed E-state index contributed by atoms with van der Waals surface area (Å²) in [5, 5.41) is 1.28. The van der Waals surface area contributed by atoms with Gasteiger partial charge in [0.1, 0.15) is 0 Å². The zero-order valence-electron chi connectivity index (χ0n) is 11.3. The third-order valence-corrected chi connectivity index (χ3v) is 4.11. The number of hydrogen-bond donors (Lipinski definition) is 0. The van der Waals surface area contributed by atoms with Crippen LogP contribution in [0.4, 0.5) is 11.5 Å². The molecule has 106 valence electrons. The van der Waals surface area contributed by atoms with Crippen molar-refractivity contribution in [1.82, 2.24) is 4.98 Å². The van der Waals surface area contributed by atoms with Gasteiger partial charge < -0.3 is 0 Å². The fraction of sp³-hybridized carbons (Fsp3) is 0.133. The Hall–Kier alpha value is -1.85. The van der Waals surface area contributed by atoms with Gasteiger partial charge in [-0.15, -0.1) is 0 Å². The summed E-state index contributed by atoms with van der Waals surface area (Å²) in [5.41, 5.74) is 1.66. The number of hydrogen-bond acceptors (Lipinski definition) is 4. The van der Waals surface area contributed by atoms with Crippen LogP contribution in [0, 0.1) is 6.92 Å². The van der Waals surface area contributed by atoms with Gasteiger partial charge >= 0.3 is 0 Å². The summed E-state index contributed by atoms with van der Waals surface area (Å²) in [6.07, 6.45) is 0. The van der Waals surface area contributed by atoms with Crippen LogP contribution in [0.15, 0.2) is 47.5 Å². The molecule has 0 unspecified atom stereocenters. The number of thioether (sulfide) groups is 1. The lowest BCUT2D eigenvalue weighted by atomic mass is 10.3. The second-order valence-electron chi connectivity index (χ2n) is 4.53. The zero-order chi connectivity index (χ0) is 14.8. The summed E-state index contributed by atoms with van der Waals surface area (Å²) in [5.74, 6) is 0.993. The molecule has 0 radical (unpaired) electrons. The molecule has 2 heterocycles. The van der Waals surface area contributed by atoms with Gasteiger partial charge in [0, 0.05) is 10.7 Å². The Balaban J connectivity index is 1.97. The van der Waals surface area contributed by atoms with Crippen LogP contribution in [0.3, 0.4) is 0 Å². The van der Waals surface area contributed by atoms with E-state index in [1.165, 1.54) is 11.8 Å². The molecule has 0 spiro atoms. The normalized spacial score (nSPS) is 16.8. The first-order chi connectivity index (χ1) is 10.1. The molecule has 0 aliphatic carbocycles. The van der Waals surface area contributed by atoms with Crippen molar-refractivity contribution >= 4 is 45.9 Å². The Bertz CT molecular complexity index is 715. The van der Waals surface area contributed by atoms with Crippen molar-refractivity contribution in [2.24, 2.45) is 4.99 Å². The van der Waals surface area contributed by atoms with Gasteiger partial charge in [-0.05, 0) is 43.3 Å². The van der Waals surface area contributed by atoms with Crippen molar-refractivity contribution in [2.45, 2.75) is 6.92 Å². The first-order valence-electron chi connectivity index (χ1n) is 6.37. The number of carbonyl (C=O) groups excluding carboxylic acids is 1. The summed E-state index contributed by atoms with van der Waals surface area (Å²) in [6.45, 7) is 1.91. The number of aliphatic imine (C=N–C) groups is 1. The Labute approximate surface area is 131 Å². The highest BCUT2D eigenvalue weighted by Gasteiger charge is 2.29. The fourth-order valence-electron chi connectivity index (χ4n) is 1.98. The van der Waals surface area contributed by atoms with E-state index < -0.39 is 0 Å². The summed E-state index contributed by atoms with van der Waals surface area (Å²) < 4.78 is 0. The molecule has 0 saturated carbocycles. The van der Waals surface area contributed by atoms with E-state index >= 15 is 0 Å².